The van der Waals surface area contributed by atoms with Crippen molar-refractivity contribution >= 4 is 24.4 Å². The van der Waals surface area contributed by atoms with Gasteiger partial charge in [-0.25, -0.2) is 0 Å². The smallest absolute Gasteiger partial charge is 0.252 e. The van der Waals surface area contributed by atoms with Gasteiger partial charge in [0.1, 0.15) is 6.10 Å². The fourth-order valence-corrected chi connectivity index (χ4v) is 2.43. The minimum Gasteiger partial charge on any atom is -0.396 e. The summed E-state index contributed by atoms with van der Waals surface area (Å²) in [6.07, 6.45) is 4.37. The van der Waals surface area contributed by atoms with Crippen LogP contribution in [-0.2, 0) is 9.59 Å². The van der Waals surface area contributed by atoms with Crippen LogP contribution in [0, 0.1) is 5.41 Å². The summed E-state index contributed by atoms with van der Waals surface area (Å²) < 4.78 is 7.30. The van der Waals surface area contributed by atoms with Crippen molar-refractivity contribution in [3.05, 3.63) is 23.3 Å². The maximum absolute atomic E-state index is 12.8. The lowest BCUT2D eigenvalue weighted by Gasteiger charge is -2.32. The minimum atomic E-state index is -1.36. The number of thiol groups is 1. The average molecular weight is 416 g/mol. The molecule has 28 heavy (non-hydrogen) atoms. The zero-order valence-electron chi connectivity index (χ0n) is 18.7. The topological polar surface area (TPSA) is 89.9 Å². The first kappa shape index (κ1) is 24.7. The molecule has 0 spiro atoms. The van der Waals surface area contributed by atoms with Gasteiger partial charge in [-0.3, -0.25) is 9.59 Å². The summed E-state index contributed by atoms with van der Waals surface area (Å²) in [6.45, 7) is 8.02. The number of hydrogen-bond acceptors (Lipinski definition) is 5. The van der Waals surface area contributed by atoms with Gasteiger partial charge in [0, 0.05) is 38.6 Å². The van der Waals surface area contributed by atoms with Crippen molar-refractivity contribution in [2.24, 2.45) is 5.41 Å². The van der Waals surface area contributed by atoms with E-state index in [1.165, 1.54) is 4.90 Å². The molecule has 0 aliphatic carbocycles. The largest absolute Gasteiger partial charge is 0.396 e. The quantitative estimate of drug-likeness (QED) is 0.275. The number of aliphatic hydroxyl groups excluding tert-OH is 2. The molecule has 0 fully saturated rings. The van der Waals surface area contributed by atoms with Gasteiger partial charge in [0.25, 0.3) is 5.91 Å². The molecule has 0 aromatic carbocycles. The molecule has 0 saturated carbocycles. The highest BCUT2D eigenvalue weighted by Crippen LogP contribution is 2.21. The zero-order chi connectivity index (χ0) is 22.4. The molecule has 0 aromatic rings. The minimum absolute atomic E-state index is 0.129. The molecule has 7 heteroatoms. The van der Waals surface area contributed by atoms with Crippen LogP contribution in [0.2, 0.25) is 0 Å². The van der Waals surface area contributed by atoms with Crippen LogP contribution in [-0.4, -0.2) is 65.0 Å². The Morgan fingerprint density at radius 2 is 1.96 bits per heavy atom. The van der Waals surface area contributed by atoms with Crippen LogP contribution in [0.15, 0.2) is 23.3 Å². The molecule has 2 amide bonds. The monoisotopic (exact) mass is 415 g/mol. The second-order valence-corrected chi connectivity index (χ2v) is 8.24. The Morgan fingerprint density at radius 1 is 1.29 bits per heavy atom. The molecule has 0 heterocycles. The standard InChI is InChI=1S/C21H38N2O4S/c1-16(2)7-6-8-17(3)9-12-23(13-10-18(25)22-11-14-28)20(27)19(26)21(4,5)15-24/h7,9,19,24,26,28H,6,8,10-15H2,1-5H3,(H,22,25)/b17-9+/t19-/m0/s1/i1D/b16-7-,17-9+. The molecule has 3 N–H and O–H groups in total. The molecule has 1 atom stereocenters. The molecule has 6 nitrogen and oxygen atoms in total. The van der Waals surface area contributed by atoms with E-state index in [2.05, 4.69) is 17.9 Å². The molecule has 0 rings (SSSR count). The SMILES string of the molecule is [2H]C/C(C)=C/CC/C(C)=C/CN(CCC(=O)NCCS)C(=O)[C@H](O)C(C)(C)CO. The van der Waals surface area contributed by atoms with E-state index < -0.39 is 17.4 Å². The van der Waals surface area contributed by atoms with Crippen molar-refractivity contribution in [3.63, 3.8) is 0 Å². The van der Waals surface area contributed by atoms with Crippen LogP contribution in [0.25, 0.3) is 0 Å². The third-order valence-electron chi connectivity index (χ3n) is 4.43. The Morgan fingerprint density at radius 3 is 2.54 bits per heavy atom. The normalized spacial score (nSPS) is 14.5. The Hall–Kier alpha value is -1.31. The Bertz CT molecular complexity index is 579. The highest BCUT2D eigenvalue weighted by Gasteiger charge is 2.35. The van der Waals surface area contributed by atoms with Crippen LogP contribution in [0.4, 0.5) is 0 Å². The number of carbonyl (C=O) groups excluding carboxylic acids is 2. The molecular formula is C21H38N2O4S. The number of allylic oxidation sites excluding steroid dienone is 3. The van der Waals surface area contributed by atoms with Crippen LogP contribution in [0.5, 0.6) is 0 Å². The first-order valence-electron chi connectivity index (χ1n) is 10.4. The van der Waals surface area contributed by atoms with Crippen molar-refractivity contribution < 1.29 is 21.2 Å². The van der Waals surface area contributed by atoms with E-state index in [9.17, 15) is 19.8 Å². The Labute approximate surface area is 176 Å². The number of aliphatic hydroxyl groups is 2. The lowest BCUT2D eigenvalue weighted by Crippen LogP contribution is -2.48. The fraction of sp³-hybridized carbons (Fsp3) is 0.714. The maximum Gasteiger partial charge on any atom is 0.252 e. The van der Waals surface area contributed by atoms with Crippen LogP contribution < -0.4 is 5.32 Å². The number of rotatable bonds is 13. The number of carbonyl (C=O) groups is 2. The molecule has 0 aromatic heterocycles. The van der Waals surface area contributed by atoms with E-state index in [4.69, 9.17) is 1.37 Å². The van der Waals surface area contributed by atoms with E-state index in [-0.39, 0.29) is 32.0 Å². The second-order valence-electron chi connectivity index (χ2n) is 7.80. The molecule has 0 bridgehead atoms. The van der Waals surface area contributed by atoms with Gasteiger partial charge in [-0.1, -0.05) is 37.1 Å². The van der Waals surface area contributed by atoms with Gasteiger partial charge < -0.3 is 20.4 Å². The average Bonchev–Trinajstić information content (AvgIpc) is 2.70. The number of hydrogen-bond donors (Lipinski definition) is 4. The summed E-state index contributed by atoms with van der Waals surface area (Å²) >= 11 is 4.05. The second kappa shape index (κ2) is 13.8. The summed E-state index contributed by atoms with van der Waals surface area (Å²) in [6, 6.07) is 0. The maximum atomic E-state index is 12.8. The van der Waals surface area contributed by atoms with Gasteiger partial charge in [0.05, 0.1) is 6.61 Å². The van der Waals surface area contributed by atoms with Crippen LogP contribution in [0.1, 0.15) is 55.2 Å². The van der Waals surface area contributed by atoms with Crippen LogP contribution >= 0.6 is 12.6 Å². The van der Waals surface area contributed by atoms with Gasteiger partial charge in [-0.2, -0.15) is 12.6 Å². The molecule has 0 saturated heterocycles. The van der Waals surface area contributed by atoms with E-state index in [0.717, 1.165) is 24.0 Å². The molecule has 162 valence electrons. The summed E-state index contributed by atoms with van der Waals surface area (Å²) in [5.74, 6) is -0.141. The third kappa shape index (κ3) is 10.9. The lowest BCUT2D eigenvalue weighted by molar-refractivity contribution is -0.148. The molecule has 0 unspecified atom stereocenters. The summed E-state index contributed by atoms with van der Waals surface area (Å²) in [4.78, 5) is 26.1. The van der Waals surface area contributed by atoms with Crippen LogP contribution in [0.3, 0.4) is 0 Å². The third-order valence-corrected chi connectivity index (χ3v) is 4.65. The molecule has 0 aliphatic heterocycles. The highest BCUT2D eigenvalue weighted by molar-refractivity contribution is 7.80. The Balaban J connectivity index is 5.09. The summed E-state index contributed by atoms with van der Waals surface area (Å²) in [7, 11) is 0. The summed E-state index contributed by atoms with van der Waals surface area (Å²) in [5, 5.41) is 22.6. The lowest BCUT2D eigenvalue weighted by atomic mass is 9.86. The van der Waals surface area contributed by atoms with Gasteiger partial charge in [-0.05, 0) is 33.6 Å². The predicted octanol–water partition coefficient (Wildman–Crippen LogP) is 2.32. The van der Waals surface area contributed by atoms with Crippen molar-refractivity contribution in [1.29, 1.82) is 0 Å². The van der Waals surface area contributed by atoms with Crippen molar-refractivity contribution in [2.75, 3.05) is 32.0 Å². The van der Waals surface area contributed by atoms with E-state index in [1.54, 1.807) is 13.8 Å². The molecule has 0 aliphatic rings. The van der Waals surface area contributed by atoms with E-state index >= 15 is 0 Å². The molecular weight excluding hydrogens is 376 g/mol. The summed E-state index contributed by atoms with van der Waals surface area (Å²) in [5.41, 5.74) is 1.14. The van der Waals surface area contributed by atoms with Gasteiger partial charge in [0.2, 0.25) is 5.91 Å². The van der Waals surface area contributed by atoms with E-state index in [0.29, 0.717) is 19.2 Å². The van der Waals surface area contributed by atoms with Crippen molar-refractivity contribution in [3.8, 4) is 0 Å². The predicted molar refractivity (Wildman–Crippen MR) is 117 cm³/mol. The van der Waals surface area contributed by atoms with Gasteiger partial charge >= 0.3 is 0 Å². The highest BCUT2D eigenvalue weighted by atomic mass is 32.1. The zero-order valence-corrected chi connectivity index (χ0v) is 18.6. The fourth-order valence-electron chi connectivity index (χ4n) is 2.32. The van der Waals surface area contributed by atoms with Gasteiger partial charge in [0.15, 0.2) is 0 Å². The molecule has 0 radical (unpaired) electrons. The first-order valence-corrected chi connectivity index (χ1v) is 10.3. The van der Waals surface area contributed by atoms with E-state index in [1.807, 2.05) is 26.0 Å². The first-order chi connectivity index (χ1) is 13.6. The Kier molecular flexibility index (Phi) is 12.2. The van der Waals surface area contributed by atoms with Crippen molar-refractivity contribution in [2.45, 2.75) is 60.0 Å². The number of nitrogens with zero attached hydrogens (tertiary/aromatic N) is 1. The number of amides is 2. The van der Waals surface area contributed by atoms with Gasteiger partial charge in [-0.15, -0.1) is 0 Å². The van der Waals surface area contributed by atoms with Crippen molar-refractivity contribution in [1.82, 2.24) is 10.2 Å². The number of nitrogens with one attached hydrogen (secondary N) is 1.